The van der Waals surface area contributed by atoms with Crippen molar-refractivity contribution in [1.82, 2.24) is 10.6 Å². The van der Waals surface area contributed by atoms with Crippen LogP contribution in [0.25, 0.3) is 0 Å². The number of hydrogen-bond donors (Lipinski definition) is 3. The molecule has 1 aliphatic heterocycles. The van der Waals surface area contributed by atoms with Crippen molar-refractivity contribution in [2.75, 3.05) is 32.9 Å². The monoisotopic (exact) mass is 429 g/mol. The molecule has 0 bridgehead atoms. The van der Waals surface area contributed by atoms with Gasteiger partial charge in [0, 0.05) is 31.7 Å². The van der Waals surface area contributed by atoms with Gasteiger partial charge < -0.3 is 25.2 Å². The number of rotatable bonds is 10. The molecule has 1 atom stereocenters. The van der Waals surface area contributed by atoms with E-state index in [1.54, 1.807) is 6.07 Å². The molecule has 2 aromatic rings. The molecule has 1 saturated heterocycles. The number of ether oxygens (including phenoxy) is 2. The van der Waals surface area contributed by atoms with Crippen LogP contribution in [-0.4, -0.2) is 44.0 Å². The third-order valence-corrected chi connectivity index (χ3v) is 5.44. The summed E-state index contributed by atoms with van der Waals surface area (Å²) in [4.78, 5) is 4.68. The Bertz CT molecular complexity index is 836. The van der Waals surface area contributed by atoms with Crippen molar-refractivity contribution in [3.05, 3.63) is 65.5 Å². The minimum atomic E-state index is -0.262. The molecule has 1 heterocycles. The molecule has 0 spiro atoms. The minimum Gasteiger partial charge on any atom is -0.489 e. The Hall–Kier alpha value is -2.64. The average molecular weight is 430 g/mol. The quantitative estimate of drug-likeness (QED) is 0.399. The molecule has 0 aliphatic carbocycles. The van der Waals surface area contributed by atoms with E-state index in [1.165, 1.54) is 12.1 Å². The second-order valence-corrected chi connectivity index (χ2v) is 7.89. The van der Waals surface area contributed by atoms with Crippen molar-refractivity contribution in [2.45, 2.75) is 32.9 Å². The topological polar surface area (TPSA) is 75.1 Å². The molecule has 0 amide bonds. The molecule has 7 heteroatoms. The molecule has 3 rings (SSSR count). The first-order valence-electron chi connectivity index (χ1n) is 10.8. The molecule has 0 saturated carbocycles. The number of benzene rings is 2. The Labute approximate surface area is 183 Å². The van der Waals surface area contributed by atoms with Crippen LogP contribution in [0.2, 0.25) is 0 Å². The highest BCUT2D eigenvalue weighted by Gasteiger charge is 2.34. The number of aliphatic hydroxyl groups is 1. The van der Waals surface area contributed by atoms with Gasteiger partial charge in [0.25, 0.3) is 0 Å². The highest BCUT2D eigenvalue weighted by molar-refractivity contribution is 5.79. The lowest BCUT2D eigenvalue weighted by atomic mass is 9.84. The molecule has 1 fully saturated rings. The van der Waals surface area contributed by atoms with Crippen molar-refractivity contribution < 1.29 is 19.0 Å². The third kappa shape index (κ3) is 7.22. The summed E-state index contributed by atoms with van der Waals surface area (Å²) >= 11 is 0. The fourth-order valence-electron chi connectivity index (χ4n) is 3.58. The molecule has 1 unspecified atom stereocenters. The summed E-state index contributed by atoms with van der Waals surface area (Å²) in [7, 11) is 0. The minimum absolute atomic E-state index is 0.0361. The molecule has 2 aromatic carbocycles. The van der Waals surface area contributed by atoms with Crippen molar-refractivity contribution in [2.24, 2.45) is 10.4 Å². The lowest BCUT2D eigenvalue weighted by Gasteiger charge is -2.27. The number of nitrogens with zero attached hydrogens (tertiary/aromatic N) is 1. The fourth-order valence-corrected chi connectivity index (χ4v) is 3.58. The van der Waals surface area contributed by atoms with E-state index in [4.69, 9.17) is 9.47 Å². The fraction of sp³-hybridized carbons (Fsp3) is 0.458. The van der Waals surface area contributed by atoms with E-state index in [1.807, 2.05) is 37.3 Å². The van der Waals surface area contributed by atoms with Crippen LogP contribution in [0.5, 0.6) is 5.75 Å². The van der Waals surface area contributed by atoms with E-state index in [9.17, 15) is 9.50 Å². The zero-order valence-corrected chi connectivity index (χ0v) is 18.1. The lowest BCUT2D eigenvalue weighted by molar-refractivity contribution is 0.127. The van der Waals surface area contributed by atoms with Gasteiger partial charge in [-0.25, -0.2) is 9.38 Å². The van der Waals surface area contributed by atoms with E-state index in [0.717, 1.165) is 48.8 Å². The number of guanidine groups is 1. The largest absolute Gasteiger partial charge is 0.489 e. The zero-order chi connectivity index (χ0) is 21.9. The summed E-state index contributed by atoms with van der Waals surface area (Å²) in [6, 6.07) is 14.2. The smallest absolute Gasteiger partial charge is 0.191 e. The summed E-state index contributed by atoms with van der Waals surface area (Å²) in [5, 5.41) is 16.1. The van der Waals surface area contributed by atoms with Crippen molar-refractivity contribution in [3.63, 3.8) is 0 Å². The maximum Gasteiger partial charge on any atom is 0.191 e. The van der Waals surface area contributed by atoms with E-state index in [2.05, 4.69) is 15.6 Å². The zero-order valence-electron chi connectivity index (χ0n) is 18.1. The number of nitrogens with one attached hydrogen (secondary N) is 2. The molecule has 0 aromatic heterocycles. The molecular weight excluding hydrogens is 397 g/mol. The standard InChI is InChI=1S/C24H32FN3O3/c1-2-26-23(28-17-24(10-12-29)11-13-30-18-24)27-15-19-6-8-22(9-7-19)31-16-20-4-3-5-21(25)14-20/h3-9,14,29H,2,10-13,15-18H2,1H3,(H2,26,27,28). The van der Waals surface area contributed by atoms with Crippen molar-refractivity contribution in [3.8, 4) is 5.75 Å². The van der Waals surface area contributed by atoms with Gasteiger partial charge in [-0.05, 0) is 55.2 Å². The van der Waals surface area contributed by atoms with E-state index < -0.39 is 0 Å². The molecule has 6 nitrogen and oxygen atoms in total. The summed E-state index contributed by atoms with van der Waals surface area (Å²) in [6.45, 7) is 5.93. The van der Waals surface area contributed by atoms with Crippen molar-refractivity contribution in [1.29, 1.82) is 0 Å². The SMILES string of the molecule is CCNC(=NCc1ccc(OCc2cccc(F)c2)cc1)NCC1(CCO)CCOC1. The van der Waals surface area contributed by atoms with Crippen LogP contribution in [-0.2, 0) is 17.9 Å². The van der Waals surface area contributed by atoms with Crippen LogP contribution in [0.1, 0.15) is 30.9 Å². The predicted octanol–water partition coefficient (Wildman–Crippen LogP) is 3.25. The van der Waals surface area contributed by atoms with E-state index in [0.29, 0.717) is 26.3 Å². The van der Waals surface area contributed by atoms with Gasteiger partial charge in [0.05, 0.1) is 13.2 Å². The first-order chi connectivity index (χ1) is 15.1. The molecular formula is C24H32FN3O3. The van der Waals surface area contributed by atoms with Crippen molar-refractivity contribution >= 4 is 5.96 Å². The third-order valence-electron chi connectivity index (χ3n) is 5.44. The van der Waals surface area contributed by atoms with Gasteiger partial charge in [-0.2, -0.15) is 0 Å². The van der Waals surface area contributed by atoms with Gasteiger partial charge in [-0.1, -0.05) is 24.3 Å². The normalized spacial score (nSPS) is 18.7. The van der Waals surface area contributed by atoms with Gasteiger partial charge in [-0.15, -0.1) is 0 Å². The highest BCUT2D eigenvalue weighted by Crippen LogP contribution is 2.31. The van der Waals surface area contributed by atoms with Crippen LogP contribution in [0, 0.1) is 11.2 Å². The summed E-state index contributed by atoms with van der Waals surface area (Å²) in [6.07, 6.45) is 1.66. The number of aliphatic imine (C=N–C) groups is 1. The second-order valence-electron chi connectivity index (χ2n) is 7.89. The van der Waals surface area contributed by atoms with Crippen LogP contribution in [0.4, 0.5) is 4.39 Å². The predicted molar refractivity (Wildman–Crippen MR) is 120 cm³/mol. The molecule has 31 heavy (non-hydrogen) atoms. The van der Waals surface area contributed by atoms with Crippen LogP contribution in [0.3, 0.4) is 0 Å². The first-order valence-corrected chi connectivity index (χ1v) is 10.8. The average Bonchev–Trinajstić information content (AvgIpc) is 3.24. The van der Waals surface area contributed by atoms with Crippen LogP contribution < -0.4 is 15.4 Å². The van der Waals surface area contributed by atoms with E-state index >= 15 is 0 Å². The maximum atomic E-state index is 13.3. The number of aliphatic hydroxyl groups excluding tert-OH is 1. The summed E-state index contributed by atoms with van der Waals surface area (Å²) in [5.74, 6) is 1.22. The lowest BCUT2D eigenvalue weighted by Crippen LogP contribution is -2.44. The molecule has 168 valence electrons. The molecule has 0 radical (unpaired) electrons. The Morgan fingerprint density at radius 2 is 2.03 bits per heavy atom. The van der Waals surface area contributed by atoms with E-state index in [-0.39, 0.29) is 17.8 Å². The first kappa shape index (κ1) is 23.0. The van der Waals surface area contributed by atoms with Gasteiger partial charge in [-0.3, -0.25) is 0 Å². The highest BCUT2D eigenvalue weighted by atomic mass is 19.1. The Kier molecular flexibility index (Phi) is 8.67. The van der Waals surface area contributed by atoms with Gasteiger partial charge >= 0.3 is 0 Å². The number of halogens is 1. The van der Waals surface area contributed by atoms with Crippen LogP contribution in [0.15, 0.2) is 53.5 Å². The van der Waals surface area contributed by atoms with Gasteiger partial charge in [0.15, 0.2) is 5.96 Å². The maximum absolute atomic E-state index is 13.3. The summed E-state index contributed by atoms with van der Waals surface area (Å²) in [5.41, 5.74) is 1.82. The second kappa shape index (κ2) is 11.7. The molecule has 1 aliphatic rings. The Morgan fingerprint density at radius 3 is 2.71 bits per heavy atom. The number of hydrogen-bond acceptors (Lipinski definition) is 4. The summed E-state index contributed by atoms with van der Waals surface area (Å²) < 4.78 is 24.6. The van der Waals surface area contributed by atoms with Gasteiger partial charge in [0.2, 0.25) is 0 Å². The Balaban J connectivity index is 1.52. The molecule has 3 N–H and O–H groups in total. The Morgan fingerprint density at radius 1 is 1.19 bits per heavy atom. The van der Waals surface area contributed by atoms with Gasteiger partial charge in [0.1, 0.15) is 18.2 Å². The van der Waals surface area contributed by atoms with Crippen LogP contribution >= 0.6 is 0 Å².